The predicted octanol–water partition coefficient (Wildman–Crippen LogP) is 4.12. The molecule has 0 radical (unpaired) electrons. The summed E-state index contributed by atoms with van der Waals surface area (Å²) in [6.45, 7) is 2.28. The molecule has 0 unspecified atom stereocenters. The number of para-hydroxylation sites is 1. The minimum atomic E-state index is -0.522. The van der Waals surface area contributed by atoms with Gasteiger partial charge in [-0.05, 0) is 36.8 Å². The monoisotopic (exact) mass is 454 g/mol. The maximum absolute atomic E-state index is 12.3. The van der Waals surface area contributed by atoms with Gasteiger partial charge < -0.3 is 9.47 Å². The number of rotatable bonds is 8. The zero-order valence-electron chi connectivity index (χ0n) is 14.8. The number of unbranched alkanes of at least 4 members (excludes halogenated alkanes) is 1. The molecule has 2 N–H and O–H groups in total. The first-order valence-corrected chi connectivity index (χ1v) is 9.57. The quantitative estimate of drug-likeness (QED) is 0.464. The van der Waals surface area contributed by atoms with E-state index in [1.54, 1.807) is 42.5 Å². The first-order valence-electron chi connectivity index (χ1n) is 8.40. The number of ether oxygens (including phenoxy) is 2. The van der Waals surface area contributed by atoms with Crippen LogP contribution in [0.4, 0.5) is 0 Å². The van der Waals surface area contributed by atoms with Crippen LogP contribution < -0.4 is 20.3 Å². The van der Waals surface area contributed by atoms with Crippen LogP contribution >= 0.6 is 27.5 Å². The lowest BCUT2D eigenvalue weighted by atomic mass is 10.2. The van der Waals surface area contributed by atoms with Crippen molar-refractivity contribution in [2.24, 2.45) is 0 Å². The van der Waals surface area contributed by atoms with Crippen LogP contribution in [-0.4, -0.2) is 25.0 Å². The van der Waals surface area contributed by atoms with E-state index in [1.807, 2.05) is 0 Å². The average Bonchev–Trinajstić information content (AvgIpc) is 2.66. The first kappa shape index (κ1) is 21.1. The molecule has 2 aromatic carbocycles. The Morgan fingerprint density at radius 1 is 1.07 bits per heavy atom. The summed E-state index contributed by atoms with van der Waals surface area (Å²) in [5.41, 5.74) is 4.99. The molecule has 0 atom stereocenters. The van der Waals surface area contributed by atoms with Gasteiger partial charge in [-0.2, -0.15) is 0 Å². The van der Waals surface area contributed by atoms with Gasteiger partial charge in [0.2, 0.25) is 0 Å². The van der Waals surface area contributed by atoms with Crippen LogP contribution in [0.15, 0.2) is 46.9 Å². The molecule has 27 heavy (non-hydrogen) atoms. The van der Waals surface area contributed by atoms with E-state index >= 15 is 0 Å². The molecule has 2 amide bonds. The van der Waals surface area contributed by atoms with Crippen LogP contribution in [0.25, 0.3) is 0 Å². The van der Waals surface area contributed by atoms with E-state index in [0.29, 0.717) is 28.7 Å². The van der Waals surface area contributed by atoms with Gasteiger partial charge in [-0.1, -0.05) is 53.0 Å². The fourth-order valence-corrected chi connectivity index (χ4v) is 2.80. The molecule has 0 heterocycles. The maximum atomic E-state index is 12.3. The van der Waals surface area contributed by atoms with Crippen molar-refractivity contribution in [3.05, 3.63) is 57.5 Å². The van der Waals surface area contributed by atoms with Gasteiger partial charge in [0.1, 0.15) is 11.5 Å². The molecule has 6 nitrogen and oxygen atoms in total. The summed E-state index contributed by atoms with van der Waals surface area (Å²) < 4.78 is 11.8. The lowest BCUT2D eigenvalue weighted by molar-refractivity contribution is -0.123. The Bertz CT molecular complexity index is 801. The number of benzene rings is 2. The lowest BCUT2D eigenvalue weighted by Crippen LogP contribution is -2.43. The van der Waals surface area contributed by atoms with Crippen LogP contribution in [0.2, 0.25) is 5.02 Å². The molecule has 0 saturated carbocycles. The van der Waals surface area contributed by atoms with Gasteiger partial charge in [0, 0.05) is 4.47 Å². The van der Waals surface area contributed by atoms with Crippen LogP contribution in [-0.2, 0) is 4.79 Å². The molecular weight excluding hydrogens is 436 g/mol. The maximum Gasteiger partial charge on any atom is 0.276 e. The van der Waals surface area contributed by atoms with Crippen molar-refractivity contribution in [1.29, 1.82) is 0 Å². The average molecular weight is 456 g/mol. The zero-order chi connectivity index (χ0) is 19.6. The Morgan fingerprint density at radius 2 is 1.85 bits per heavy atom. The fraction of sp³-hybridized carbons (Fsp3) is 0.263. The Balaban J connectivity index is 1.85. The van der Waals surface area contributed by atoms with E-state index in [4.69, 9.17) is 21.1 Å². The molecule has 0 aliphatic rings. The van der Waals surface area contributed by atoms with E-state index in [1.165, 1.54) is 0 Å². The van der Waals surface area contributed by atoms with Crippen LogP contribution in [0, 0.1) is 0 Å². The smallest absolute Gasteiger partial charge is 0.276 e. The number of amides is 2. The number of halogens is 2. The van der Waals surface area contributed by atoms with Gasteiger partial charge in [0.25, 0.3) is 11.8 Å². The van der Waals surface area contributed by atoms with Gasteiger partial charge in [0.05, 0.1) is 17.2 Å². The third kappa shape index (κ3) is 6.77. The molecular formula is C19H20BrClN2O4. The SMILES string of the molecule is CCCCOc1ccccc1C(=O)NNC(=O)COc1ccc(Br)cc1Cl. The Morgan fingerprint density at radius 3 is 2.59 bits per heavy atom. The second kappa shape index (κ2) is 10.8. The third-order valence-electron chi connectivity index (χ3n) is 3.46. The fourth-order valence-electron chi connectivity index (χ4n) is 2.07. The number of carbonyl (C=O) groups excluding carboxylic acids is 2. The molecule has 2 rings (SSSR count). The Labute approximate surface area is 171 Å². The second-order valence-corrected chi connectivity index (χ2v) is 6.89. The van der Waals surface area contributed by atoms with Crippen molar-refractivity contribution in [1.82, 2.24) is 10.9 Å². The third-order valence-corrected chi connectivity index (χ3v) is 4.24. The molecule has 2 aromatic rings. The van der Waals surface area contributed by atoms with Crippen molar-refractivity contribution in [3.8, 4) is 11.5 Å². The normalized spacial score (nSPS) is 10.2. The van der Waals surface area contributed by atoms with Gasteiger partial charge in [0.15, 0.2) is 6.61 Å². The summed E-state index contributed by atoms with van der Waals surface area (Å²) >= 11 is 9.31. The highest BCUT2D eigenvalue weighted by Crippen LogP contribution is 2.27. The number of carbonyl (C=O) groups is 2. The minimum absolute atomic E-state index is 0.295. The van der Waals surface area contributed by atoms with Gasteiger partial charge >= 0.3 is 0 Å². The van der Waals surface area contributed by atoms with Crippen LogP contribution in [0.1, 0.15) is 30.1 Å². The minimum Gasteiger partial charge on any atom is -0.493 e. The highest BCUT2D eigenvalue weighted by molar-refractivity contribution is 9.10. The topological polar surface area (TPSA) is 76.7 Å². The van der Waals surface area contributed by atoms with E-state index in [2.05, 4.69) is 33.7 Å². The zero-order valence-corrected chi connectivity index (χ0v) is 17.1. The standard InChI is InChI=1S/C19H20BrClN2O4/c1-2-3-10-26-16-7-5-4-6-14(16)19(25)23-22-18(24)12-27-17-9-8-13(20)11-15(17)21/h4-9,11H,2-3,10,12H2,1H3,(H,22,24)(H,23,25). The largest absolute Gasteiger partial charge is 0.493 e. The molecule has 0 fully saturated rings. The summed E-state index contributed by atoms with van der Waals surface area (Å²) in [6.07, 6.45) is 1.88. The molecule has 0 bridgehead atoms. The van der Waals surface area contributed by atoms with Crippen molar-refractivity contribution in [3.63, 3.8) is 0 Å². The van der Waals surface area contributed by atoms with E-state index in [-0.39, 0.29) is 6.61 Å². The molecule has 0 spiro atoms. The van der Waals surface area contributed by atoms with Gasteiger partial charge in [-0.15, -0.1) is 0 Å². The lowest BCUT2D eigenvalue weighted by Gasteiger charge is -2.12. The molecule has 144 valence electrons. The summed E-state index contributed by atoms with van der Waals surface area (Å²) in [6, 6.07) is 11.9. The molecule has 0 saturated heterocycles. The molecule has 0 aromatic heterocycles. The van der Waals surface area contributed by atoms with Crippen LogP contribution in [0.5, 0.6) is 11.5 Å². The van der Waals surface area contributed by atoms with Gasteiger partial charge in [-0.3, -0.25) is 20.4 Å². The van der Waals surface area contributed by atoms with Crippen molar-refractivity contribution >= 4 is 39.3 Å². The summed E-state index contributed by atoms with van der Waals surface area (Å²) in [4.78, 5) is 24.2. The van der Waals surface area contributed by atoms with E-state index in [9.17, 15) is 9.59 Å². The first-order chi connectivity index (χ1) is 13.0. The Hall–Kier alpha value is -2.25. The van der Waals surface area contributed by atoms with Crippen LogP contribution in [0.3, 0.4) is 0 Å². The number of hydrogen-bond acceptors (Lipinski definition) is 4. The summed E-state index contributed by atoms with van der Waals surface area (Å²) in [7, 11) is 0. The molecule has 0 aliphatic carbocycles. The number of nitrogens with one attached hydrogen (secondary N) is 2. The predicted molar refractivity (Wildman–Crippen MR) is 107 cm³/mol. The number of hydrazine groups is 1. The molecule has 8 heteroatoms. The van der Waals surface area contributed by atoms with Crippen molar-refractivity contribution in [2.75, 3.05) is 13.2 Å². The van der Waals surface area contributed by atoms with E-state index in [0.717, 1.165) is 17.3 Å². The van der Waals surface area contributed by atoms with Crippen molar-refractivity contribution in [2.45, 2.75) is 19.8 Å². The summed E-state index contributed by atoms with van der Waals surface area (Å²) in [5, 5.41) is 0.374. The van der Waals surface area contributed by atoms with Gasteiger partial charge in [-0.25, -0.2) is 0 Å². The molecule has 0 aliphatic heterocycles. The summed E-state index contributed by atoms with van der Waals surface area (Å²) in [5.74, 6) is -0.157. The Kier molecular flexibility index (Phi) is 8.42. The van der Waals surface area contributed by atoms with Crippen molar-refractivity contribution < 1.29 is 19.1 Å². The van der Waals surface area contributed by atoms with E-state index < -0.39 is 11.8 Å². The second-order valence-electron chi connectivity index (χ2n) is 5.56. The highest BCUT2D eigenvalue weighted by atomic mass is 79.9. The number of hydrogen-bond donors (Lipinski definition) is 2. The highest BCUT2D eigenvalue weighted by Gasteiger charge is 2.13.